The van der Waals surface area contributed by atoms with Gasteiger partial charge < -0.3 is 10.6 Å². The fraction of sp³-hybridized carbons (Fsp3) is 0.571. The van der Waals surface area contributed by atoms with Gasteiger partial charge in [-0.3, -0.25) is 4.99 Å². The summed E-state index contributed by atoms with van der Waals surface area (Å²) in [4.78, 5) is 3.88. The van der Waals surface area contributed by atoms with E-state index in [4.69, 9.17) is 0 Å². The number of guanidine groups is 1. The molecule has 0 aromatic rings. The van der Waals surface area contributed by atoms with Gasteiger partial charge in [-0.2, -0.15) is 0 Å². The maximum atomic E-state index is 11.0. The van der Waals surface area contributed by atoms with Crippen LogP contribution in [0, 0.1) is 0 Å². The molecule has 0 aromatic carbocycles. The number of nitrogens with one attached hydrogen (secondary N) is 2. The first kappa shape index (κ1) is 10.0. The molecule has 0 aromatic heterocycles. The quantitative estimate of drug-likeness (QED) is 0.427. The summed E-state index contributed by atoms with van der Waals surface area (Å²) >= 11 is 0. The molecule has 0 saturated heterocycles. The Morgan fingerprint density at radius 3 is 2.69 bits per heavy atom. The molecular weight excluding hydrogens is 190 g/mol. The third kappa shape index (κ3) is 2.73. The molecule has 0 aliphatic carbocycles. The normalized spacial score (nSPS) is 26.0. The Labute approximate surface area is 77.9 Å². The summed E-state index contributed by atoms with van der Waals surface area (Å²) in [5.74, 6) is 0.694. The Kier molecular flexibility index (Phi) is 2.92. The average molecular weight is 203 g/mol. The summed E-state index contributed by atoms with van der Waals surface area (Å²) in [6.45, 7) is 0. The monoisotopic (exact) mass is 203 g/mol. The molecule has 74 valence electrons. The molecule has 0 radical (unpaired) electrons. The van der Waals surface area contributed by atoms with Crippen LogP contribution in [0.4, 0.5) is 0 Å². The summed E-state index contributed by atoms with van der Waals surface area (Å²) in [6.07, 6.45) is 1.62. The highest BCUT2D eigenvalue weighted by atomic mass is 32.2. The minimum absolute atomic E-state index is 0.105. The summed E-state index contributed by atoms with van der Waals surface area (Å²) in [7, 11) is 0.372. The lowest BCUT2D eigenvalue weighted by Gasteiger charge is -2.12. The Hall–Kier alpha value is -1.04. The molecule has 0 amide bonds. The zero-order valence-corrected chi connectivity index (χ0v) is 8.43. The molecule has 0 fully saturated rings. The predicted octanol–water partition coefficient (Wildman–Crippen LogP) is -0.908. The van der Waals surface area contributed by atoms with Crippen LogP contribution in [0.3, 0.4) is 0 Å². The highest BCUT2D eigenvalue weighted by molar-refractivity contribution is 7.94. The third-order valence-corrected chi connectivity index (χ3v) is 3.11. The lowest BCUT2D eigenvalue weighted by molar-refractivity contribution is 0.602. The van der Waals surface area contributed by atoms with Gasteiger partial charge in [-0.1, -0.05) is 0 Å². The second kappa shape index (κ2) is 3.78. The average Bonchev–Trinajstić information content (AvgIpc) is 2.41. The Balaban J connectivity index is 2.56. The van der Waals surface area contributed by atoms with E-state index in [1.54, 1.807) is 20.2 Å². The molecule has 1 atom stereocenters. The number of nitrogens with zero attached hydrogens (tertiary/aromatic N) is 1. The van der Waals surface area contributed by atoms with Crippen LogP contribution < -0.4 is 10.6 Å². The SMILES string of the molecule is CN=C(NC)NC1C=CS(=O)(=O)C1. The predicted molar refractivity (Wildman–Crippen MR) is 52.3 cm³/mol. The van der Waals surface area contributed by atoms with E-state index in [0.717, 1.165) is 0 Å². The highest BCUT2D eigenvalue weighted by Crippen LogP contribution is 2.07. The second-order valence-corrected chi connectivity index (χ2v) is 4.66. The minimum Gasteiger partial charge on any atom is -0.359 e. The second-order valence-electron chi connectivity index (χ2n) is 2.73. The van der Waals surface area contributed by atoms with Crippen molar-refractivity contribution in [3.05, 3.63) is 11.5 Å². The largest absolute Gasteiger partial charge is 0.359 e. The van der Waals surface area contributed by atoms with Crippen molar-refractivity contribution in [1.82, 2.24) is 10.6 Å². The van der Waals surface area contributed by atoms with Crippen molar-refractivity contribution in [2.75, 3.05) is 19.8 Å². The van der Waals surface area contributed by atoms with E-state index in [0.29, 0.717) is 5.96 Å². The van der Waals surface area contributed by atoms with Crippen LogP contribution in [-0.2, 0) is 9.84 Å². The summed E-state index contributed by atoms with van der Waals surface area (Å²) in [5.41, 5.74) is 0. The fourth-order valence-corrected chi connectivity index (χ4v) is 2.33. The van der Waals surface area contributed by atoms with Gasteiger partial charge in [-0.15, -0.1) is 0 Å². The number of sulfone groups is 1. The summed E-state index contributed by atoms with van der Waals surface area (Å²) < 4.78 is 22.0. The van der Waals surface area contributed by atoms with Gasteiger partial charge in [-0.25, -0.2) is 8.42 Å². The van der Waals surface area contributed by atoms with Crippen molar-refractivity contribution in [2.24, 2.45) is 4.99 Å². The van der Waals surface area contributed by atoms with Gasteiger partial charge in [-0.05, 0) is 6.08 Å². The Morgan fingerprint density at radius 2 is 2.31 bits per heavy atom. The first-order valence-corrected chi connectivity index (χ1v) is 5.61. The zero-order valence-electron chi connectivity index (χ0n) is 7.61. The van der Waals surface area contributed by atoms with E-state index in [1.165, 1.54) is 5.41 Å². The van der Waals surface area contributed by atoms with E-state index in [2.05, 4.69) is 15.6 Å². The van der Waals surface area contributed by atoms with Crippen molar-refractivity contribution >= 4 is 15.8 Å². The lowest BCUT2D eigenvalue weighted by atomic mass is 10.3. The van der Waals surface area contributed by atoms with Crippen LogP contribution in [0.15, 0.2) is 16.5 Å². The first-order chi connectivity index (χ1) is 6.07. The van der Waals surface area contributed by atoms with Crippen LogP contribution in [0.1, 0.15) is 0 Å². The molecular formula is C7H13N3O2S. The molecule has 0 spiro atoms. The van der Waals surface area contributed by atoms with Crippen LogP contribution in [0.5, 0.6) is 0 Å². The minimum atomic E-state index is -2.98. The molecule has 13 heavy (non-hydrogen) atoms. The third-order valence-electron chi connectivity index (χ3n) is 1.71. The van der Waals surface area contributed by atoms with E-state index in [1.807, 2.05) is 0 Å². The number of rotatable bonds is 1. The van der Waals surface area contributed by atoms with Gasteiger partial charge in [0.1, 0.15) is 0 Å². The first-order valence-electron chi connectivity index (χ1n) is 3.89. The molecule has 1 aliphatic heterocycles. The molecule has 2 N–H and O–H groups in total. The van der Waals surface area contributed by atoms with Gasteiger partial charge in [0.15, 0.2) is 15.8 Å². The maximum Gasteiger partial charge on any atom is 0.191 e. The van der Waals surface area contributed by atoms with Gasteiger partial charge in [0.25, 0.3) is 0 Å². The molecule has 0 saturated carbocycles. The topological polar surface area (TPSA) is 70.6 Å². The molecule has 1 heterocycles. The van der Waals surface area contributed by atoms with Crippen molar-refractivity contribution < 1.29 is 8.42 Å². The van der Waals surface area contributed by atoms with Crippen molar-refractivity contribution in [1.29, 1.82) is 0 Å². The molecule has 1 rings (SSSR count). The smallest absolute Gasteiger partial charge is 0.191 e. The summed E-state index contributed by atoms with van der Waals surface area (Å²) in [5, 5.41) is 6.99. The fourth-order valence-electron chi connectivity index (χ4n) is 1.09. The van der Waals surface area contributed by atoms with Crippen molar-refractivity contribution in [3.63, 3.8) is 0 Å². The van der Waals surface area contributed by atoms with Gasteiger partial charge in [0.2, 0.25) is 0 Å². The van der Waals surface area contributed by atoms with E-state index in [-0.39, 0.29) is 11.8 Å². The van der Waals surface area contributed by atoms with E-state index < -0.39 is 9.84 Å². The van der Waals surface area contributed by atoms with Crippen LogP contribution >= 0.6 is 0 Å². The van der Waals surface area contributed by atoms with Crippen molar-refractivity contribution in [3.8, 4) is 0 Å². The molecule has 1 unspecified atom stereocenters. The number of hydrogen-bond donors (Lipinski definition) is 2. The van der Waals surface area contributed by atoms with Crippen LogP contribution in [0.25, 0.3) is 0 Å². The van der Waals surface area contributed by atoms with Gasteiger partial charge >= 0.3 is 0 Å². The van der Waals surface area contributed by atoms with Gasteiger partial charge in [0, 0.05) is 19.5 Å². The number of hydrogen-bond acceptors (Lipinski definition) is 3. The number of aliphatic imine (C=N–C) groups is 1. The standard InChI is InChI=1S/C7H13N3O2S/c1-8-7(9-2)10-6-3-4-13(11,12)5-6/h3-4,6H,5H2,1-2H3,(H2,8,9,10). The Morgan fingerprint density at radius 1 is 1.62 bits per heavy atom. The van der Waals surface area contributed by atoms with Crippen LogP contribution in [0.2, 0.25) is 0 Å². The van der Waals surface area contributed by atoms with Crippen molar-refractivity contribution in [2.45, 2.75) is 6.04 Å². The molecule has 0 bridgehead atoms. The Bertz CT molecular complexity index is 332. The maximum absolute atomic E-state index is 11.0. The molecule has 6 heteroatoms. The van der Waals surface area contributed by atoms with Gasteiger partial charge in [0.05, 0.1) is 11.8 Å². The molecule has 1 aliphatic rings. The zero-order chi connectivity index (χ0) is 9.90. The van der Waals surface area contributed by atoms with E-state index in [9.17, 15) is 8.42 Å². The van der Waals surface area contributed by atoms with E-state index >= 15 is 0 Å². The molecule has 5 nitrogen and oxygen atoms in total. The highest BCUT2D eigenvalue weighted by Gasteiger charge is 2.21. The van der Waals surface area contributed by atoms with Crippen LogP contribution in [-0.4, -0.2) is 40.3 Å². The lowest BCUT2D eigenvalue weighted by Crippen LogP contribution is -2.42. The summed E-state index contributed by atoms with van der Waals surface area (Å²) in [6, 6.07) is -0.170.